The molecule has 2 aliphatic rings. The maximum Gasteiger partial charge on any atom is 0.317 e. The number of amides is 2. The largest absolute Gasteiger partial charge is 0.379 e. The van der Waals surface area contributed by atoms with Crippen molar-refractivity contribution in [3.63, 3.8) is 0 Å². The molecule has 3 rings (SSSR count). The summed E-state index contributed by atoms with van der Waals surface area (Å²) in [5.74, 6) is 0. The molecule has 0 spiro atoms. The number of morpholine rings is 1. The summed E-state index contributed by atoms with van der Waals surface area (Å²) in [5.41, 5.74) is 1.28. The van der Waals surface area contributed by atoms with E-state index in [-0.39, 0.29) is 12.1 Å². The molecule has 1 aromatic heterocycles. The first-order valence-corrected chi connectivity index (χ1v) is 9.08. The van der Waals surface area contributed by atoms with Gasteiger partial charge in [-0.25, -0.2) is 4.79 Å². The van der Waals surface area contributed by atoms with Crippen molar-refractivity contribution < 1.29 is 9.53 Å². The van der Waals surface area contributed by atoms with E-state index in [4.69, 9.17) is 4.74 Å². The predicted octanol–water partition coefficient (Wildman–Crippen LogP) is 2.32. The average molecular weight is 323 g/mol. The third-order valence-electron chi connectivity index (χ3n) is 4.66. The zero-order valence-corrected chi connectivity index (χ0v) is 14.0. The van der Waals surface area contributed by atoms with Gasteiger partial charge in [-0.3, -0.25) is 4.90 Å². The van der Waals surface area contributed by atoms with Gasteiger partial charge in [0.25, 0.3) is 0 Å². The molecule has 0 aromatic carbocycles. The number of likely N-dealkylation sites (tertiary alicyclic amines) is 1. The first kappa shape index (κ1) is 15.8. The minimum absolute atomic E-state index is 0.0776. The first-order chi connectivity index (χ1) is 10.8. The molecule has 1 aromatic rings. The van der Waals surface area contributed by atoms with Crippen molar-refractivity contribution in [2.24, 2.45) is 0 Å². The Kier molecular flexibility index (Phi) is 5.33. The van der Waals surface area contributed by atoms with Crippen molar-refractivity contribution in [3.8, 4) is 0 Å². The van der Waals surface area contributed by atoms with Gasteiger partial charge in [-0.2, -0.15) is 11.3 Å². The lowest BCUT2D eigenvalue weighted by atomic mass is 10.1. The van der Waals surface area contributed by atoms with Gasteiger partial charge in [0.1, 0.15) is 0 Å². The Morgan fingerprint density at radius 1 is 1.45 bits per heavy atom. The molecule has 5 nitrogen and oxygen atoms in total. The van der Waals surface area contributed by atoms with Crippen molar-refractivity contribution in [1.82, 2.24) is 15.1 Å². The van der Waals surface area contributed by atoms with E-state index in [1.165, 1.54) is 5.56 Å². The lowest BCUT2D eigenvalue weighted by Gasteiger charge is -2.33. The van der Waals surface area contributed by atoms with Crippen molar-refractivity contribution in [1.29, 1.82) is 0 Å². The highest BCUT2D eigenvalue weighted by Gasteiger charge is 2.30. The first-order valence-electron chi connectivity index (χ1n) is 8.14. The maximum atomic E-state index is 12.5. The summed E-state index contributed by atoms with van der Waals surface area (Å²) in [6.07, 6.45) is 2.16. The number of carbonyl (C=O) groups is 1. The highest BCUT2D eigenvalue weighted by atomic mass is 32.1. The molecule has 6 heteroatoms. The van der Waals surface area contributed by atoms with E-state index < -0.39 is 0 Å². The quantitative estimate of drug-likeness (QED) is 0.925. The van der Waals surface area contributed by atoms with E-state index in [1.54, 1.807) is 11.3 Å². The molecule has 2 aliphatic heterocycles. The Morgan fingerprint density at radius 2 is 2.27 bits per heavy atom. The fourth-order valence-electron chi connectivity index (χ4n) is 3.30. The van der Waals surface area contributed by atoms with Crippen LogP contribution in [0.3, 0.4) is 0 Å². The Hall–Kier alpha value is -1.11. The number of thiophene rings is 1. The lowest BCUT2D eigenvalue weighted by molar-refractivity contribution is 0.0206. The molecule has 1 N–H and O–H groups in total. The zero-order chi connectivity index (χ0) is 15.4. The van der Waals surface area contributed by atoms with E-state index in [1.807, 2.05) is 4.90 Å². The number of ether oxygens (including phenoxy) is 1. The maximum absolute atomic E-state index is 12.5. The second kappa shape index (κ2) is 7.44. The van der Waals surface area contributed by atoms with E-state index in [2.05, 4.69) is 34.0 Å². The van der Waals surface area contributed by atoms with Crippen LogP contribution in [-0.2, 0) is 4.74 Å². The topological polar surface area (TPSA) is 44.8 Å². The SMILES string of the molecule is C[C@H](CNC(=O)N1CCC[C@@H]1c1ccsc1)N1CCOCC1. The highest BCUT2D eigenvalue weighted by molar-refractivity contribution is 7.07. The molecule has 2 fully saturated rings. The molecule has 0 saturated carbocycles. The third kappa shape index (κ3) is 3.62. The minimum Gasteiger partial charge on any atom is -0.379 e. The molecule has 0 unspecified atom stereocenters. The van der Waals surface area contributed by atoms with Crippen LogP contribution in [0.4, 0.5) is 4.79 Å². The summed E-state index contributed by atoms with van der Waals surface area (Å²) >= 11 is 1.70. The molecule has 0 radical (unpaired) electrons. The van der Waals surface area contributed by atoms with Crippen LogP contribution < -0.4 is 5.32 Å². The van der Waals surface area contributed by atoms with Crippen LogP contribution in [0.25, 0.3) is 0 Å². The van der Waals surface area contributed by atoms with Crippen LogP contribution in [0, 0.1) is 0 Å². The molecule has 2 amide bonds. The van der Waals surface area contributed by atoms with Gasteiger partial charge < -0.3 is 15.0 Å². The molecule has 0 aliphatic carbocycles. The van der Waals surface area contributed by atoms with E-state index in [9.17, 15) is 4.79 Å². The summed E-state index contributed by atoms with van der Waals surface area (Å²) in [7, 11) is 0. The average Bonchev–Trinajstić information content (AvgIpc) is 3.23. The molecular formula is C16H25N3O2S. The fraction of sp³-hybridized carbons (Fsp3) is 0.688. The Labute approximate surface area is 136 Å². The van der Waals surface area contributed by atoms with Gasteiger partial charge in [-0.05, 0) is 42.2 Å². The Balaban J connectivity index is 1.50. The van der Waals surface area contributed by atoms with Gasteiger partial charge in [-0.1, -0.05) is 0 Å². The summed E-state index contributed by atoms with van der Waals surface area (Å²) in [4.78, 5) is 16.9. The lowest BCUT2D eigenvalue weighted by Crippen LogP contribution is -2.49. The number of carbonyl (C=O) groups excluding carboxylic acids is 1. The molecular weight excluding hydrogens is 298 g/mol. The molecule has 122 valence electrons. The van der Waals surface area contributed by atoms with Gasteiger partial charge in [0.15, 0.2) is 0 Å². The van der Waals surface area contributed by atoms with Crippen molar-refractivity contribution >= 4 is 17.4 Å². The van der Waals surface area contributed by atoms with Gasteiger partial charge in [-0.15, -0.1) is 0 Å². The summed E-state index contributed by atoms with van der Waals surface area (Å²) in [5, 5.41) is 7.37. The molecule has 2 atom stereocenters. The van der Waals surface area contributed by atoms with Gasteiger partial charge in [0.2, 0.25) is 0 Å². The number of nitrogens with one attached hydrogen (secondary N) is 1. The summed E-state index contributed by atoms with van der Waals surface area (Å²) in [6.45, 7) is 7.24. The van der Waals surface area contributed by atoms with E-state index in [0.717, 1.165) is 45.7 Å². The second-order valence-electron chi connectivity index (χ2n) is 6.09. The molecule has 22 heavy (non-hydrogen) atoms. The van der Waals surface area contributed by atoms with Gasteiger partial charge in [0.05, 0.1) is 19.3 Å². The standard InChI is InChI=1S/C16H25N3O2S/c1-13(18-6-8-21-9-7-18)11-17-16(20)19-5-2-3-15(19)14-4-10-22-12-14/h4,10,12-13,15H,2-3,5-9,11H2,1H3,(H,17,20)/t13-,15-/m1/s1. The van der Waals surface area contributed by atoms with Crippen LogP contribution >= 0.6 is 11.3 Å². The molecule has 2 saturated heterocycles. The van der Waals surface area contributed by atoms with Gasteiger partial charge in [0, 0.05) is 32.2 Å². The number of hydrogen-bond donors (Lipinski definition) is 1. The van der Waals surface area contributed by atoms with Crippen LogP contribution in [0.2, 0.25) is 0 Å². The van der Waals surface area contributed by atoms with Crippen molar-refractivity contribution in [2.45, 2.75) is 31.8 Å². The van der Waals surface area contributed by atoms with Crippen LogP contribution in [0.15, 0.2) is 16.8 Å². The normalized spacial score (nSPS) is 24.4. The predicted molar refractivity (Wildman–Crippen MR) is 88.3 cm³/mol. The minimum atomic E-state index is 0.0776. The van der Waals surface area contributed by atoms with Gasteiger partial charge >= 0.3 is 6.03 Å². The second-order valence-corrected chi connectivity index (χ2v) is 6.87. The molecule has 0 bridgehead atoms. The third-order valence-corrected chi connectivity index (χ3v) is 5.36. The van der Waals surface area contributed by atoms with Crippen molar-refractivity contribution in [3.05, 3.63) is 22.4 Å². The zero-order valence-electron chi connectivity index (χ0n) is 13.2. The summed E-state index contributed by atoms with van der Waals surface area (Å²) < 4.78 is 5.38. The van der Waals surface area contributed by atoms with E-state index >= 15 is 0 Å². The van der Waals surface area contributed by atoms with Crippen LogP contribution in [0.1, 0.15) is 31.4 Å². The Bertz CT molecular complexity index is 474. The van der Waals surface area contributed by atoms with E-state index in [0.29, 0.717) is 12.6 Å². The highest BCUT2D eigenvalue weighted by Crippen LogP contribution is 2.32. The van der Waals surface area contributed by atoms with Crippen LogP contribution in [-0.4, -0.2) is 61.3 Å². The van der Waals surface area contributed by atoms with Crippen LogP contribution in [0.5, 0.6) is 0 Å². The van der Waals surface area contributed by atoms with Crippen molar-refractivity contribution in [2.75, 3.05) is 39.4 Å². The smallest absolute Gasteiger partial charge is 0.317 e. The number of rotatable bonds is 4. The number of hydrogen-bond acceptors (Lipinski definition) is 4. The summed E-state index contributed by atoms with van der Waals surface area (Å²) in [6, 6.07) is 2.82. The number of urea groups is 1. The fourth-order valence-corrected chi connectivity index (χ4v) is 4.01. The molecule has 3 heterocycles. The monoisotopic (exact) mass is 323 g/mol. The number of nitrogens with zero attached hydrogens (tertiary/aromatic N) is 2. The Morgan fingerprint density at radius 3 is 3.00 bits per heavy atom.